The second-order valence-electron chi connectivity index (χ2n) is 4.68. The molecule has 2 rings (SSSR count). The van der Waals surface area contributed by atoms with Crippen LogP contribution >= 0.6 is 11.3 Å². The number of carboxylic acid groups (broad SMARTS) is 1. The average molecular weight is 300 g/mol. The summed E-state index contributed by atoms with van der Waals surface area (Å²) in [6.07, 6.45) is 0.290. The van der Waals surface area contributed by atoms with Crippen molar-refractivity contribution in [2.75, 3.05) is 13.1 Å². The van der Waals surface area contributed by atoms with Gasteiger partial charge in [0.05, 0.1) is 5.41 Å². The zero-order chi connectivity index (χ0) is 14.3. The molecule has 0 aliphatic carbocycles. The van der Waals surface area contributed by atoms with Crippen molar-refractivity contribution in [1.82, 2.24) is 4.31 Å². The number of sulfonamides is 1. The van der Waals surface area contributed by atoms with Crippen LogP contribution in [0.4, 0.5) is 0 Å². The van der Waals surface area contributed by atoms with E-state index in [4.69, 9.17) is 10.4 Å². The monoisotopic (exact) mass is 300 g/mol. The highest BCUT2D eigenvalue weighted by atomic mass is 32.2. The van der Waals surface area contributed by atoms with Crippen molar-refractivity contribution in [2.45, 2.75) is 17.6 Å². The molecule has 1 saturated heterocycles. The summed E-state index contributed by atoms with van der Waals surface area (Å²) in [7, 11) is -3.70. The number of nitriles is 1. The SMILES string of the molecule is CC1(C(=O)O)CCN(S(=O)(=O)c2ccc(C#N)s2)C1. The van der Waals surface area contributed by atoms with Crippen LogP contribution in [0.5, 0.6) is 0 Å². The van der Waals surface area contributed by atoms with Crippen molar-refractivity contribution < 1.29 is 18.3 Å². The maximum Gasteiger partial charge on any atom is 0.310 e. The van der Waals surface area contributed by atoms with Crippen LogP contribution in [0.3, 0.4) is 0 Å². The molecule has 19 heavy (non-hydrogen) atoms. The van der Waals surface area contributed by atoms with Gasteiger partial charge in [-0.1, -0.05) is 0 Å². The van der Waals surface area contributed by atoms with E-state index < -0.39 is 21.4 Å². The van der Waals surface area contributed by atoms with Crippen LogP contribution in [0.25, 0.3) is 0 Å². The Hall–Kier alpha value is -1.43. The number of hydrogen-bond acceptors (Lipinski definition) is 5. The number of nitrogens with zero attached hydrogens (tertiary/aromatic N) is 2. The molecule has 1 unspecified atom stereocenters. The van der Waals surface area contributed by atoms with Crippen molar-refractivity contribution in [3.63, 3.8) is 0 Å². The zero-order valence-electron chi connectivity index (χ0n) is 10.2. The van der Waals surface area contributed by atoms with Crippen molar-refractivity contribution in [2.24, 2.45) is 5.41 Å². The van der Waals surface area contributed by atoms with E-state index in [2.05, 4.69) is 0 Å². The highest BCUT2D eigenvalue weighted by Crippen LogP contribution is 2.35. The van der Waals surface area contributed by atoms with Crippen LogP contribution in [0, 0.1) is 16.7 Å². The Morgan fingerprint density at radius 3 is 2.74 bits per heavy atom. The number of aliphatic carboxylic acids is 1. The molecule has 0 radical (unpaired) electrons. The lowest BCUT2D eigenvalue weighted by atomic mass is 9.90. The number of rotatable bonds is 3. The van der Waals surface area contributed by atoms with Crippen molar-refractivity contribution in [1.29, 1.82) is 5.26 Å². The van der Waals surface area contributed by atoms with Gasteiger partial charge in [0.15, 0.2) is 0 Å². The molecule has 1 N–H and O–H groups in total. The third-order valence-corrected chi connectivity index (χ3v) is 6.54. The Kier molecular flexibility index (Phi) is 3.38. The zero-order valence-corrected chi connectivity index (χ0v) is 11.8. The maximum absolute atomic E-state index is 12.3. The Bertz CT molecular complexity index is 658. The van der Waals surface area contributed by atoms with Gasteiger partial charge in [-0.15, -0.1) is 11.3 Å². The molecular formula is C11H12N2O4S2. The smallest absolute Gasteiger partial charge is 0.310 e. The predicted octanol–water partition coefficient (Wildman–Crippen LogP) is 1.11. The standard InChI is InChI=1S/C11H12N2O4S2/c1-11(10(14)15)4-5-13(7-11)19(16,17)9-3-2-8(6-12)18-9/h2-3H,4-5,7H2,1H3,(H,14,15). The van der Waals surface area contributed by atoms with E-state index in [0.717, 1.165) is 11.3 Å². The minimum absolute atomic E-state index is 0.0372. The molecule has 1 aliphatic heterocycles. The van der Waals surface area contributed by atoms with Crippen LogP contribution in [-0.2, 0) is 14.8 Å². The summed E-state index contributed by atoms with van der Waals surface area (Å²) in [5, 5.41) is 17.8. The van der Waals surface area contributed by atoms with Crippen LogP contribution in [0.15, 0.2) is 16.3 Å². The van der Waals surface area contributed by atoms with E-state index in [1.165, 1.54) is 16.4 Å². The molecule has 0 aromatic carbocycles. The summed E-state index contributed by atoms with van der Waals surface area (Å²) in [6.45, 7) is 1.69. The van der Waals surface area contributed by atoms with Crippen LogP contribution in [-0.4, -0.2) is 36.9 Å². The highest BCUT2D eigenvalue weighted by molar-refractivity contribution is 7.91. The molecule has 102 valence electrons. The fourth-order valence-electron chi connectivity index (χ4n) is 1.94. The summed E-state index contributed by atoms with van der Waals surface area (Å²) < 4.78 is 25.9. The first-order valence-corrected chi connectivity index (χ1v) is 7.79. The van der Waals surface area contributed by atoms with Gasteiger partial charge in [-0.25, -0.2) is 8.42 Å². The van der Waals surface area contributed by atoms with Gasteiger partial charge in [0.1, 0.15) is 15.2 Å². The summed E-state index contributed by atoms with van der Waals surface area (Å²) in [5.41, 5.74) is -1.04. The predicted molar refractivity (Wildman–Crippen MR) is 68.2 cm³/mol. The van der Waals surface area contributed by atoms with Gasteiger partial charge >= 0.3 is 5.97 Å². The minimum Gasteiger partial charge on any atom is -0.481 e. The lowest BCUT2D eigenvalue weighted by molar-refractivity contribution is -0.146. The molecule has 0 bridgehead atoms. The fourth-order valence-corrected chi connectivity index (χ4v) is 4.77. The second-order valence-corrected chi connectivity index (χ2v) is 7.93. The molecule has 1 fully saturated rings. The third kappa shape index (κ3) is 2.36. The first-order valence-electron chi connectivity index (χ1n) is 5.53. The molecule has 1 atom stereocenters. The number of thiophene rings is 1. The Labute approximate surface area is 114 Å². The first kappa shape index (κ1) is 14.0. The van der Waals surface area contributed by atoms with E-state index in [1.807, 2.05) is 6.07 Å². The molecule has 1 aromatic rings. The molecule has 1 aliphatic rings. The summed E-state index contributed by atoms with van der Waals surface area (Å²) in [6, 6.07) is 4.72. The summed E-state index contributed by atoms with van der Waals surface area (Å²) in [5.74, 6) is -0.992. The summed E-state index contributed by atoms with van der Waals surface area (Å²) in [4.78, 5) is 11.4. The largest absolute Gasteiger partial charge is 0.481 e. The van der Waals surface area contributed by atoms with Crippen molar-refractivity contribution >= 4 is 27.3 Å². The summed E-state index contributed by atoms with van der Waals surface area (Å²) >= 11 is 0.897. The van der Waals surface area contributed by atoms with E-state index in [0.29, 0.717) is 4.88 Å². The molecule has 0 spiro atoms. The normalized spacial score (nSPS) is 24.2. The van der Waals surface area contributed by atoms with E-state index in [9.17, 15) is 13.2 Å². The van der Waals surface area contributed by atoms with E-state index >= 15 is 0 Å². The van der Waals surface area contributed by atoms with Gasteiger partial charge in [0, 0.05) is 13.1 Å². The van der Waals surface area contributed by atoms with Crippen molar-refractivity contribution in [3.05, 3.63) is 17.0 Å². The second kappa shape index (κ2) is 4.59. The average Bonchev–Trinajstić information content (AvgIpc) is 2.96. The van der Waals surface area contributed by atoms with Crippen LogP contribution in [0.2, 0.25) is 0 Å². The molecule has 0 amide bonds. The molecule has 2 heterocycles. The van der Waals surface area contributed by atoms with Gasteiger partial charge in [0.25, 0.3) is 10.0 Å². The molecule has 6 nitrogen and oxygen atoms in total. The van der Waals surface area contributed by atoms with Gasteiger partial charge in [0.2, 0.25) is 0 Å². The molecule has 1 aromatic heterocycles. The fraction of sp³-hybridized carbons (Fsp3) is 0.455. The molecule has 0 saturated carbocycles. The van der Waals surface area contributed by atoms with Crippen molar-refractivity contribution in [3.8, 4) is 6.07 Å². The Morgan fingerprint density at radius 1 is 1.58 bits per heavy atom. The molecular weight excluding hydrogens is 288 g/mol. The number of hydrogen-bond donors (Lipinski definition) is 1. The minimum atomic E-state index is -3.70. The first-order chi connectivity index (χ1) is 8.79. The third-order valence-electron chi connectivity index (χ3n) is 3.24. The van der Waals surface area contributed by atoms with E-state index in [1.54, 1.807) is 6.92 Å². The van der Waals surface area contributed by atoms with Crippen LogP contribution in [0.1, 0.15) is 18.2 Å². The van der Waals surface area contributed by atoms with Gasteiger partial charge in [-0.2, -0.15) is 9.57 Å². The Balaban J connectivity index is 2.28. The van der Waals surface area contributed by atoms with Gasteiger partial charge < -0.3 is 5.11 Å². The van der Waals surface area contributed by atoms with E-state index in [-0.39, 0.29) is 23.7 Å². The van der Waals surface area contributed by atoms with Gasteiger partial charge in [-0.05, 0) is 25.5 Å². The van der Waals surface area contributed by atoms with Crippen LogP contribution < -0.4 is 0 Å². The number of carboxylic acids is 1. The topological polar surface area (TPSA) is 98.5 Å². The Morgan fingerprint density at radius 2 is 2.26 bits per heavy atom. The maximum atomic E-state index is 12.3. The lowest BCUT2D eigenvalue weighted by Gasteiger charge is -2.19. The van der Waals surface area contributed by atoms with Gasteiger partial charge in [-0.3, -0.25) is 4.79 Å². The highest BCUT2D eigenvalue weighted by Gasteiger charge is 2.45. The molecule has 8 heteroatoms. The number of carbonyl (C=O) groups is 1. The lowest BCUT2D eigenvalue weighted by Crippen LogP contribution is -2.34. The quantitative estimate of drug-likeness (QED) is 0.901.